The van der Waals surface area contributed by atoms with Gasteiger partial charge in [-0.15, -0.1) is 0 Å². The van der Waals surface area contributed by atoms with Crippen LogP contribution < -0.4 is 9.47 Å². The van der Waals surface area contributed by atoms with Crippen molar-refractivity contribution in [1.82, 2.24) is 0 Å². The fourth-order valence-electron chi connectivity index (χ4n) is 1.76. The first-order valence-corrected chi connectivity index (χ1v) is 7.04. The zero-order valence-corrected chi connectivity index (χ0v) is 12.9. The molecule has 0 radical (unpaired) electrons. The number of esters is 1. The van der Waals surface area contributed by atoms with Gasteiger partial charge < -0.3 is 9.47 Å². The highest BCUT2D eigenvalue weighted by Crippen LogP contribution is 2.35. The quantitative estimate of drug-likeness (QED) is 0.469. The van der Waals surface area contributed by atoms with E-state index in [0.29, 0.717) is 23.1 Å². The van der Waals surface area contributed by atoms with E-state index in [0.717, 1.165) is 5.56 Å². The van der Waals surface area contributed by atoms with Crippen LogP contribution in [0, 0.1) is 0 Å². The first-order valence-electron chi connectivity index (χ1n) is 6.24. The molecule has 0 aromatic heterocycles. The molecule has 0 heterocycles. The number of hydrogen-bond donors (Lipinski definition) is 0. The molecule has 0 fully saturated rings. The van der Waals surface area contributed by atoms with Crippen LogP contribution in [0.4, 0.5) is 0 Å². The summed E-state index contributed by atoms with van der Waals surface area (Å²) in [6.45, 7) is 1.59. The maximum Gasteiger partial charge on any atom is 0.308 e. The minimum atomic E-state index is -0.513. The lowest BCUT2D eigenvalue weighted by atomic mass is 10.2. The number of hydrogen-bond acceptors (Lipinski definition) is 4. The van der Waals surface area contributed by atoms with Crippen LogP contribution in [-0.2, 0) is 11.4 Å². The minimum absolute atomic E-state index is 0.128. The Labute approximate surface area is 130 Å². The van der Waals surface area contributed by atoms with Crippen LogP contribution in [-0.4, -0.2) is 12.3 Å². The lowest BCUT2D eigenvalue weighted by molar-refractivity contribution is -0.132. The third-order valence-corrected chi connectivity index (χ3v) is 3.40. The molecule has 0 amide bonds. The highest BCUT2D eigenvalue weighted by atomic mass is 79.9. The topological polar surface area (TPSA) is 52.6 Å². The molecule has 0 aliphatic rings. The molecule has 2 rings (SSSR count). The van der Waals surface area contributed by atoms with Gasteiger partial charge in [-0.1, -0.05) is 30.3 Å². The Kier molecular flexibility index (Phi) is 5.11. The Balaban J connectivity index is 2.29. The molecule has 0 unspecified atom stereocenters. The summed E-state index contributed by atoms with van der Waals surface area (Å²) in [6, 6.07) is 12.9. The average molecular weight is 349 g/mol. The predicted octanol–water partition coefficient (Wildman–Crippen LogP) is 3.77. The first-order chi connectivity index (χ1) is 10.1. The van der Waals surface area contributed by atoms with Gasteiger partial charge in [-0.05, 0) is 33.6 Å². The van der Waals surface area contributed by atoms with Gasteiger partial charge in [0.1, 0.15) is 6.61 Å². The molecule has 2 aromatic carbocycles. The van der Waals surface area contributed by atoms with E-state index in [4.69, 9.17) is 9.47 Å². The largest absolute Gasteiger partial charge is 0.485 e. The zero-order chi connectivity index (χ0) is 15.2. The van der Waals surface area contributed by atoms with Gasteiger partial charge in [0.2, 0.25) is 0 Å². The van der Waals surface area contributed by atoms with Gasteiger partial charge in [-0.2, -0.15) is 0 Å². The van der Waals surface area contributed by atoms with Crippen molar-refractivity contribution < 1.29 is 19.1 Å². The van der Waals surface area contributed by atoms with Gasteiger partial charge in [-0.25, -0.2) is 0 Å². The molecule has 0 saturated heterocycles. The van der Waals surface area contributed by atoms with E-state index in [-0.39, 0.29) is 11.3 Å². The van der Waals surface area contributed by atoms with Crippen LogP contribution in [0.25, 0.3) is 0 Å². The number of ether oxygens (including phenoxy) is 2. The summed E-state index contributed by atoms with van der Waals surface area (Å²) in [4.78, 5) is 22.4. The maximum absolute atomic E-state index is 11.2. The van der Waals surface area contributed by atoms with Crippen LogP contribution >= 0.6 is 15.9 Å². The first kappa shape index (κ1) is 15.3. The molecule has 0 N–H and O–H groups in total. The Morgan fingerprint density at radius 3 is 2.52 bits per heavy atom. The van der Waals surface area contributed by atoms with Crippen LogP contribution in [0.15, 0.2) is 46.9 Å². The van der Waals surface area contributed by atoms with Gasteiger partial charge >= 0.3 is 5.97 Å². The van der Waals surface area contributed by atoms with Crippen molar-refractivity contribution in [3.05, 3.63) is 58.1 Å². The number of rotatable bonds is 5. The Bertz CT molecular complexity index is 653. The van der Waals surface area contributed by atoms with E-state index >= 15 is 0 Å². The average Bonchev–Trinajstić information content (AvgIpc) is 2.47. The highest BCUT2D eigenvalue weighted by Gasteiger charge is 2.16. The van der Waals surface area contributed by atoms with Crippen molar-refractivity contribution in [2.45, 2.75) is 13.5 Å². The second-order valence-corrected chi connectivity index (χ2v) is 5.13. The van der Waals surface area contributed by atoms with Crippen molar-refractivity contribution in [3.63, 3.8) is 0 Å². The van der Waals surface area contributed by atoms with Crippen LogP contribution in [0.5, 0.6) is 11.5 Å². The smallest absolute Gasteiger partial charge is 0.308 e. The van der Waals surface area contributed by atoms with Crippen molar-refractivity contribution in [2.75, 3.05) is 0 Å². The molecule has 0 aliphatic carbocycles. The number of benzene rings is 2. The lowest BCUT2D eigenvalue weighted by Crippen LogP contribution is -2.07. The molecule has 2 aromatic rings. The Morgan fingerprint density at radius 2 is 1.90 bits per heavy atom. The number of aldehydes is 1. The molecule has 0 spiro atoms. The second-order valence-electron chi connectivity index (χ2n) is 4.27. The second kappa shape index (κ2) is 7.04. The van der Waals surface area contributed by atoms with E-state index in [1.807, 2.05) is 30.3 Å². The standard InChI is InChI=1S/C16H13BrO4/c1-11(19)21-16-13(9-18)14(17)7-8-15(16)20-10-12-5-3-2-4-6-12/h2-9H,10H2,1H3. The summed E-state index contributed by atoms with van der Waals surface area (Å²) in [5.74, 6) is -0.0390. The van der Waals surface area contributed by atoms with Gasteiger partial charge in [0.25, 0.3) is 0 Å². The summed E-state index contributed by atoms with van der Waals surface area (Å²) in [5.41, 5.74) is 1.22. The summed E-state index contributed by atoms with van der Waals surface area (Å²) in [7, 11) is 0. The van der Waals surface area contributed by atoms with Crippen LogP contribution in [0.2, 0.25) is 0 Å². The molecule has 108 valence electrons. The van der Waals surface area contributed by atoms with Crippen LogP contribution in [0.3, 0.4) is 0 Å². The lowest BCUT2D eigenvalue weighted by Gasteiger charge is -2.13. The van der Waals surface area contributed by atoms with Gasteiger partial charge in [0, 0.05) is 11.4 Å². The van der Waals surface area contributed by atoms with E-state index in [1.165, 1.54) is 6.92 Å². The van der Waals surface area contributed by atoms with Crippen molar-refractivity contribution in [2.24, 2.45) is 0 Å². The Hall–Kier alpha value is -2.14. The molecule has 0 bridgehead atoms. The zero-order valence-electron chi connectivity index (χ0n) is 11.3. The highest BCUT2D eigenvalue weighted by molar-refractivity contribution is 9.10. The van der Waals surface area contributed by atoms with E-state index < -0.39 is 5.97 Å². The fourth-order valence-corrected chi connectivity index (χ4v) is 2.17. The third kappa shape index (κ3) is 3.92. The van der Waals surface area contributed by atoms with Gasteiger partial charge in [0.05, 0.1) is 5.56 Å². The van der Waals surface area contributed by atoms with Crippen molar-refractivity contribution in [1.29, 1.82) is 0 Å². The van der Waals surface area contributed by atoms with E-state index in [2.05, 4.69) is 15.9 Å². The number of carbonyl (C=O) groups is 2. The predicted molar refractivity (Wildman–Crippen MR) is 81.6 cm³/mol. The van der Waals surface area contributed by atoms with E-state index in [9.17, 15) is 9.59 Å². The summed E-state index contributed by atoms with van der Waals surface area (Å²) >= 11 is 3.25. The molecular weight excluding hydrogens is 336 g/mol. The fraction of sp³-hybridized carbons (Fsp3) is 0.125. The molecule has 0 aliphatic heterocycles. The Morgan fingerprint density at radius 1 is 1.19 bits per heavy atom. The maximum atomic E-state index is 11.2. The monoisotopic (exact) mass is 348 g/mol. The van der Waals surface area contributed by atoms with Gasteiger partial charge in [-0.3, -0.25) is 9.59 Å². The SMILES string of the molecule is CC(=O)Oc1c(OCc2ccccc2)ccc(Br)c1C=O. The van der Waals surface area contributed by atoms with Crippen LogP contribution in [0.1, 0.15) is 22.8 Å². The summed E-state index contributed by atoms with van der Waals surface area (Å²) in [6.07, 6.45) is 0.623. The van der Waals surface area contributed by atoms with E-state index in [1.54, 1.807) is 12.1 Å². The van der Waals surface area contributed by atoms with Crippen molar-refractivity contribution in [3.8, 4) is 11.5 Å². The molecule has 0 saturated carbocycles. The summed E-state index contributed by atoms with van der Waals surface area (Å²) in [5, 5.41) is 0. The molecule has 4 nitrogen and oxygen atoms in total. The number of carbonyl (C=O) groups excluding carboxylic acids is 2. The minimum Gasteiger partial charge on any atom is -0.485 e. The summed E-state index contributed by atoms with van der Waals surface area (Å²) < 4.78 is 11.3. The third-order valence-electron chi connectivity index (χ3n) is 2.71. The van der Waals surface area contributed by atoms with Gasteiger partial charge in [0.15, 0.2) is 17.8 Å². The molecule has 5 heteroatoms. The normalized spacial score (nSPS) is 10.0. The number of halogens is 1. The molecule has 0 atom stereocenters. The molecule has 21 heavy (non-hydrogen) atoms. The van der Waals surface area contributed by atoms with Crippen molar-refractivity contribution >= 4 is 28.2 Å². The molecular formula is C16H13BrO4.